The molecule has 2 heteroatoms. The minimum absolute atomic E-state index is 1.14. The normalized spacial score (nSPS) is 8.81. The molecule has 0 saturated carbocycles. The maximum Gasteiger partial charge on any atom is 0.145 e. The summed E-state index contributed by atoms with van der Waals surface area (Å²) in [6, 6.07) is 12.1. The van der Waals surface area contributed by atoms with Crippen LogP contribution in [0.25, 0.3) is 0 Å². The fourth-order valence-corrected chi connectivity index (χ4v) is 0.714. The largest absolute Gasteiger partial charge is 0.376 e. The quantitative estimate of drug-likeness (QED) is 0.737. The highest BCUT2D eigenvalue weighted by Crippen LogP contribution is 1.96. The molecule has 0 unspecified atom stereocenters. The number of rotatable bonds is 1. The van der Waals surface area contributed by atoms with Gasteiger partial charge in [-0.1, -0.05) is 51.1 Å². The molecule has 2 nitrogen and oxygen atoms in total. The summed E-state index contributed by atoms with van der Waals surface area (Å²) in [5, 5.41) is 16.4. The molecule has 0 aromatic heterocycles. The molecule has 0 heterocycles. The van der Waals surface area contributed by atoms with Crippen LogP contribution in [0.1, 0.15) is 40.2 Å². The van der Waals surface area contributed by atoms with Crippen molar-refractivity contribution in [1.82, 2.24) is 0 Å². The van der Waals surface area contributed by atoms with Gasteiger partial charge in [-0.25, -0.2) is 0 Å². The molecule has 1 N–H and O–H groups in total. The molecular weight excluding hydrogens is 198 g/mol. The monoisotopic (exact) mass is 221 g/mol. The summed E-state index contributed by atoms with van der Waals surface area (Å²) < 4.78 is 0. The van der Waals surface area contributed by atoms with Crippen LogP contribution in [0.4, 0.5) is 0 Å². The Bertz CT molecular complexity index is 280. The first-order chi connectivity index (χ1) is 7.49. The Labute approximate surface area is 99.5 Å². The van der Waals surface area contributed by atoms with E-state index in [0.29, 0.717) is 0 Å². The fraction of sp³-hybridized carbons (Fsp3) is 0.500. The van der Waals surface area contributed by atoms with Gasteiger partial charge in [-0.15, -0.1) is 0 Å². The van der Waals surface area contributed by atoms with E-state index < -0.39 is 5.60 Å². The first-order valence-electron chi connectivity index (χ1n) is 5.67. The van der Waals surface area contributed by atoms with Crippen LogP contribution in [0, 0.1) is 11.3 Å². The van der Waals surface area contributed by atoms with Crippen molar-refractivity contribution in [3.63, 3.8) is 0 Å². The molecule has 0 saturated heterocycles. The summed E-state index contributed by atoms with van der Waals surface area (Å²) in [6.07, 6.45) is 1.14. The minimum Gasteiger partial charge on any atom is -0.376 e. The molecule has 0 aliphatic rings. The lowest BCUT2D eigenvalue weighted by molar-refractivity contribution is 0.141. The average molecular weight is 221 g/mol. The Balaban J connectivity index is 0. The first-order valence-corrected chi connectivity index (χ1v) is 5.67. The summed E-state index contributed by atoms with van der Waals surface area (Å²) in [7, 11) is 0. The van der Waals surface area contributed by atoms with Gasteiger partial charge in [0.05, 0.1) is 6.07 Å². The summed E-state index contributed by atoms with van der Waals surface area (Å²) in [4.78, 5) is 0. The van der Waals surface area contributed by atoms with Crippen molar-refractivity contribution >= 4 is 0 Å². The third kappa shape index (κ3) is 12.7. The predicted molar refractivity (Wildman–Crippen MR) is 69.1 cm³/mol. The van der Waals surface area contributed by atoms with Crippen LogP contribution < -0.4 is 0 Å². The van der Waals surface area contributed by atoms with Gasteiger partial charge in [0.15, 0.2) is 0 Å². The highest BCUT2D eigenvalue weighted by atomic mass is 16.3. The maximum atomic E-state index is 8.47. The van der Waals surface area contributed by atoms with E-state index in [1.54, 1.807) is 6.07 Å². The van der Waals surface area contributed by atoms with E-state index in [1.165, 1.54) is 19.4 Å². The van der Waals surface area contributed by atoms with Gasteiger partial charge in [0.25, 0.3) is 0 Å². The summed E-state index contributed by atoms with van der Waals surface area (Å²) in [5.74, 6) is 0. The first kappa shape index (κ1) is 17.1. The highest BCUT2D eigenvalue weighted by Gasteiger charge is 2.07. The predicted octanol–water partition coefficient (Wildman–Crippen LogP) is 3.56. The Morgan fingerprint density at radius 3 is 1.75 bits per heavy atom. The van der Waals surface area contributed by atoms with Gasteiger partial charge >= 0.3 is 0 Å². The molecule has 0 aliphatic carbocycles. The smallest absolute Gasteiger partial charge is 0.145 e. The second-order valence-electron chi connectivity index (χ2n) is 3.51. The molecule has 90 valence electrons. The molecule has 1 rings (SSSR count). The van der Waals surface area contributed by atoms with E-state index in [-0.39, 0.29) is 0 Å². The molecule has 1 aromatic rings. The maximum absolute atomic E-state index is 8.47. The lowest BCUT2D eigenvalue weighted by Gasteiger charge is -2.00. The fourth-order valence-electron chi connectivity index (χ4n) is 0.714. The number of nitrogens with zero attached hydrogens (tertiary/aromatic N) is 1. The van der Waals surface area contributed by atoms with Gasteiger partial charge in [0.1, 0.15) is 5.60 Å². The van der Waals surface area contributed by atoms with Crippen LogP contribution in [0.5, 0.6) is 0 Å². The van der Waals surface area contributed by atoms with E-state index in [2.05, 4.69) is 31.2 Å². The van der Waals surface area contributed by atoms with Crippen molar-refractivity contribution in [2.45, 2.75) is 46.6 Å². The van der Waals surface area contributed by atoms with Crippen molar-refractivity contribution < 1.29 is 5.11 Å². The van der Waals surface area contributed by atoms with Crippen LogP contribution in [0.15, 0.2) is 30.3 Å². The van der Waals surface area contributed by atoms with Crippen LogP contribution in [-0.4, -0.2) is 10.7 Å². The zero-order valence-corrected chi connectivity index (χ0v) is 11.0. The second kappa shape index (κ2) is 10.2. The Kier molecular flexibility index (Phi) is 10.9. The topological polar surface area (TPSA) is 44.0 Å². The molecule has 0 amide bonds. The van der Waals surface area contributed by atoms with E-state index in [4.69, 9.17) is 10.4 Å². The van der Waals surface area contributed by atoms with Crippen molar-refractivity contribution in [2.24, 2.45) is 0 Å². The van der Waals surface area contributed by atoms with Crippen molar-refractivity contribution in [1.29, 1.82) is 5.26 Å². The Morgan fingerprint density at radius 1 is 1.19 bits per heavy atom. The summed E-state index contributed by atoms with van der Waals surface area (Å²) in [5.41, 5.74) is 0.257. The van der Waals surface area contributed by atoms with Gasteiger partial charge < -0.3 is 5.11 Å². The molecule has 16 heavy (non-hydrogen) atoms. The SMILES string of the molecule is CC.CC(C)(O)C#N.CCc1ccccc1. The van der Waals surface area contributed by atoms with E-state index in [1.807, 2.05) is 19.9 Å². The number of aliphatic hydroxyl groups is 1. The van der Waals surface area contributed by atoms with Gasteiger partial charge in [0.2, 0.25) is 0 Å². The number of hydrogen-bond donors (Lipinski definition) is 1. The van der Waals surface area contributed by atoms with Gasteiger partial charge in [0, 0.05) is 0 Å². The molecule has 0 bridgehead atoms. The lowest BCUT2D eigenvalue weighted by Crippen LogP contribution is -2.13. The zero-order valence-electron chi connectivity index (χ0n) is 11.0. The van der Waals surface area contributed by atoms with Crippen LogP contribution >= 0.6 is 0 Å². The van der Waals surface area contributed by atoms with Gasteiger partial charge in [-0.05, 0) is 25.8 Å². The summed E-state index contributed by atoms with van der Waals surface area (Å²) in [6.45, 7) is 9.04. The molecule has 0 fully saturated rings. The average Bonchev–Trinajstić information content (AvgIpc) is 2.32. The molecular formula is C14H23NO. The van der Waals surface area contributed by atoms with E-state index >= 15 is 0 Å². The molecule has 0 atom stereocenters. The van der Waals surface area contributed by atoms with Gasteiger partial charge in [-0.3, -0.25) is 0 Å². The van der Waals surface area contributed by atoms with Crippen molar-refractivity contribution in [2.75, 3.05) is 0 Å². The van der Waals surface area contributed by atoms with Gasteiger partial charge in [-0.2, -0.15) is 5.26 Å². The Hall–Kier alpha value is -1.33. The molecule has 0 aliphatic heterocycles. The second-order valence-corrected chi connectivity index (χ2v) is 3.51. The highest BCUT2D eigenvalue weighted by molar-refractivity contribution is 5.13. The molecule has 0 radical (unpaired) electrons. The molecule has 1 aromatic carbocycles. The number of aryl methyl sites for hydroxylation is 1. The van der Waals surface area contributed by atoms with Crippen LogP contribution in [-0.2, 0) is 6.42 Å². The Morgan fingerprint density at radius 2 is 1.56 bits per heavy atom. The lowest BCUT2D eigenvalue weighted by atomic mass is 10.2. The van der Waals surface area contributed by atoms with Crippen molar-refractivity contribution in [3.8, 4) is 6.07 Å². The number of benzene rings is 1. The third-order valence-electron chi connectivity index (χ3n) is 1.52. The van der Waals surface area contributed by atoms with Crippen molar-refractivity contribution in [3.05, 3.63) is 35.9 Å². The third-order valence-corrected chi connectivity index (χ3v) is 1.52. The molecule has 0 spiro atoms. The summed E-state index contributed by atoms with van der Waals surface area (Å²) >= 11 is 0. The number of hydrogen-bond acceptors (Lipinski definition) is 2. The number of nitriles is 1. The van der Waals surface area contributed by atoms with Crippen LogP contribution in [0.3, 0.4) is 0 Å². The standard InChI is InChI=1S/C8H10.C4H7NO.C2H6/c1-2-8-6-4-3-5-7-8;1-4(2,6)3-5;1-2/h3-7H,2H2,1H3;6H,1-2H3;1-2H3. The van der Waals surface area contributed by atoms with Crippen LogP contribution in [0.2, 0.25) is 0 Å². The van der Waals surface area contributed by atoms with E-state index in [0.717, 1.165) is 6.42 Å². The van der Waals surface area contributed by atoms with E-state index in [9.17, 15) is 0 Å². The zero-order chi connectivity index (χ0) is 13.0. The minimum atomic E-state index is -1.15.